The summed E-state index contributed by atoms with van der Waals surface area (Å²) in [6.07, 6.45) is 0. The van der Waals surface area contributed by atoms with Crippen molar-refractivity contribution in [2.45, 2.75) is 0 Å². The zero-order valence-corrected chi connectivity index (χ0v) is 9.07. The predicted octanol–water partition coefficient (Wildman–Crippen LogP) is 0.683. The van der Waals surface area contributed by atoms with Crippen molar-refractivity contribution in [2.75, 3.05) is 26.6 Å². The molecule has 0 saturated heterocycles. The van der Waals surface area contributed by atoms with Gasteiger partial charge in [-0.15, -0.1) is 0 Å². The number of benzene rings is 1. The number of rotatable bonds is 3. The number of nitrogens with two attached hydrogens (primary N) is 1. The smallest absolute Gasteiger partial charge is 0.253 e. The Labute approximate surface area is 88.8 Å². The lowest BCUT2D eigenvalue weighted by atomic mass is 10.1. The van der Waals surface area contributed by atoms with E-state index in [0.29, 0.717) is 17.0 Å². The number of hydrazine groups is 1. The molecule has 1 amide bonds. The number of anilines is 1. The molecule has 0 aliphatic heterocycles. The van der Waals surface area contributed by atoms with Crippen molar-refractivity contribution in [1.29, 1.82) is 0 Å². The van der Waals surface area contributed by atoms with E-state index in [-0.39, 0.29) is 5.91 Å². The quantitative estimate of drug-likeness (QED) is 0.567. The van der Waals surface area contributed by atoms with Gasteiger partial charge < -0.3 is 15.1 Å². The number of hydrogen-bond donors (Lipinski definition) is 2. The third-order valence-corrected chi connectivity index (χ3v) is 1.96. The first-order valence-corrected chi connectivity index (χ1v) is 4.46. The maximum Gasteiger partial charge on any atom is 0.253 e. The van der Waals surface area contributed by atoms with Gasteiger partial charge in [-0.25, -0.2) is 0 Å². The highest BCUT2D eigenvalue weighted by atomic mass is 16.5. The molecule has 3 N–H and O–H groups in total. The minimum Gasteiger partial charge on any atom is -0.497 e. The van der Waals surface area contributed by atoms with Gasteiger partial charge in [-0.05, 0) is 12.1 Å². The third-order valence-electron chi connectivity index (χ3n) is 1.96. The van der Waals surface area contributed by atoms with E-state index in [1.54, 1.807) is 39.4 Å². The van der Waals surface area contributed by atoms with Crippen molar-refractivity contribution >= 4 is 11.6 Å². The van der Waals surface area contributed by atoms with E-state index in [1.165, 1.54) is 4.90 Å². The highest BCUT2D eigenvalue weighted by Crippen LogP contribution is 2.20. The van der Waals surface area contributed by atoms with Gasteiger partial charge in [-0.1, -0.05) is 0 Å². The summed E-state index contributed by atoms with van der Waals surface area (Å²) in [5, 5.41) is 0. The van der Waals surface area contributed by atoms with Gasteiger partial charge in [0.15, 0.2) is 0 Å². The molecule has 0 spiro atoms. The van der Waals surface area contributed by atoms with Crippen LogP contribution in [-0.2, 0) is 0 Å². The fraction of sp³-hybridized carbons (Fsp3) is 0.300. The Morgan fingerprint density at radius 1 is 1.40 bits per heavy atom. The van der Waals surface area contributed by atoms with Gasteiger partial charge >= 0.3 is 0 Å². The zero-order valence-electron chi connectivity index (χ0n) is 9.07. The van der Waals surface area contributed by atoms with Crippen molar-refractivity contribution < 1.29 is 9.53 Å². The second-order valence-corrected chi connectivity index (χ2v) is 3.29. The maximum absolute atomic E-state index is 11.7. The van der Waals surface area contributed by atoms with Crippen molar-refractivity contribution in [3.05, 3.63) is 23.8 Å². The number of methoxy groups -OCH3 is 1. The summed E-state index contributed by atoms with van der Waals surface area (Å²) in [5.41, 5.74) is 3.66. The van der Waals surface area contributed by atoms with Crippen LogP contribution in [0.15, 0.2) is 18.2 Å². The van der Waals surface area contributed by atoms with Crippen LogP contribution >= 0.6 is 0 Å². The number of nitrogen functional groups attached to an aromatic ring is 1. The normalized spacial score (nSPS) is 9.60. The number of carbonyl (C=O) groups is 1. The van der Waals surface area contributed by atoms with E-state index in [1.807, 2.05) is 0 Å². The molecule has 0 atom stereocenters. The minimum absolute atomic E-state index is 0.0922. The van der Waals surface area contributed by atoms with Crippen LogP contribution in [0, 0.1) is 0 Å². The summed E-state index contributed by atoms with van der Waals surface area (Å²) in [6, 6.07) is 5.06. The van der Waals surface area contributed by atoms with E-state index < -0.39 is 0 Å². The number of nitrogens with zero attached hydrogens (tertiary/aromatic N) is 1. The van der Waals surface area contributed by atoms with Gasteiger partial charge in [-0.2, -0.15) is 0 Å². The van der Waals surface area contributed by atoms with Crippen molar-refractivity contribution in [3.8, 4) is 5.75 Å². The molecule has 0 unspecified atom stereocenters. The molecule has 1 rings (SSSR count). The Morgan fingerprint density at radius 3 is 2.53 bits per heavy atom. The van der Waals surface area contributed by atoms with Crippen LogP contribution < -0.4 is 16.0 Å². The molecular formula is C10H15N3O2. The maximum atomic E-state index is 11.7. The van der Waals surface area contributed by atoms with E-state index >= 15 is 0 Å². The fourth-order valence-corrected chi connectivity index (χ4v) is 1.18. The highest BCUT2D eigenvalue weighted by Gasteiger charge is 2.10. The second-order valence-electron chi connectivity index (χ2n) is 3.29. The first kappa shape index (κ1) is 11.3. The molecule has 15 heavy (non-hydrogen) atoms. The average Bonchev–Trinajstić information content (AvgIpc) is 2.27. The third kappa shape index (κ3) is 2.60. The Kier molecular flexibility index (Phi) is 3.51. The van der Waals surface area contributed by atoms with Crippen LogP contribution in [0.2, 0.25) is 0 Å². The van der Waals surface area contributed by atoms with Crippen LogP contribution in [0.5, 0.6) is 5.75 Å². The standard InChI is InChI=1S/C10H15N3O2/c1-13(2)10(14)7-4-8(12-11)6-9(5-7)15-3/h4-6,12H,11H2,1-3H3. The summed E-state index contributed by atoms with van der Waals surface area (Å²) in [7, 11) is 4.92. The van der Waals surface area contributed by atoms with Gasteiger partial charge in [0, 0.05) is 25.7 Å². The molecule has 5 heteroatoms. The molecule has 0 saturated carbocycles. The van der Waals surface area contributed by atoms with E-state index in [0.717, 1.165) is 0 Å². The van der Waals surface area contributed by atoms with Gasteiger partial charge in [0.05, 0.1) is 12.8 Å². The Bertz CT molecular complexity index is 341. The molecule has 0 aliphatic rings. The highest BCUT2D eigenvalue weighted by molar-refractivity contribution is 5.95. The summed E-state index contributed by atoms with van der Waals surface area (Å²) < 4.78 is 5.06. The van der Waals surface area contributed by atoms with Crippen molar-refractivity contribution in [3.63, 3.8) is 0 Å². The van der Waals surface area contributed by atoms with Crippen LogP contribution in [-0.4, -0.2) is 32.0 Å². The summed E-state index contributed by atoms with van der Waals surface area (Å²) in [4.78, 5) is 13.2. The van der Waals surface area contributed by atoms with Gasteiger partial charge in [0.1, 0.15) is 5.75 Å². The number of nitrogens with one attached hydrogen (secondary N) is 1. The molecule has 0 fully saturated rings. The predicted molar refractivity (Wildman–Crippen MR) is 58.8 cm³/mol. The van der Waals surface area contributed by atoms with Gasteiger partial charge in [-0.3, -0.25) is 10.6 Å². The molecule has 0 bridgehead atoms. The number of carbonyl (C=O) groups excluding carboxylic acids is 1. The van der Waals surface area contributed by atoms with Crippen molar-refractivity contribution in [2.24, 2.45) is 5.84 Å². The lowest BCUT2D eigenvalue weighted by Gasteiger charge is -2.12. The van der Waals surface area contributed by atoms with Gasteiger partial charge in [0.25, 0.3) is 5.91 Å². The topological polar surface area (TPSA) is 67.6 Å². The molecular weight excluding hydrogens is 194 g/mol. The summed E-state index contributed by atoms with van der Waals surface area (Å²) in [6.45, 7) is 0. The Hall–Kier alpha value is -1.75. The molecule has 1 aromatic carbocycles. The lowest BCUT2D eigenvalue weighted by Crippen LogP contribution is -2.22. The van der Waals surface area contributed by atoms with E-state index in [2.05, 4.69) is 5.43 Å². The average molecular weight is 209 g/mol. The van der Waals surface area contributed by atoms with Crippen LogP contribution in [0.1, 0.15) is 10.4 Å². The SMILES string of the molecule is COc1cc(NN)cc(C(=O)N(C)C)c1. The molecule has 0 radical (unpaired) electrons. The van der Waals surface area contributed by atoms with Crippen molar-refractivity contribution in [1.82, 2.24) is 4.90 Å². The van der Waals surface area contributed by atoms with Crippen LogP contribution in [0.4, 0.5) is 5.69 Å². The Morgan fingerprint density at radius 2 is 2.07 bits per heavy atom. The first-order valence-electron chi connectivity index (χ1n) is 4.46. The van der Waals surface area contributed by atoms with E-state index in [4.69, 9.17) is 10.6 Å². The van der Waals surface area contributed by atoms with E-state index in [9.17, 15) is 4.79 Å². The molecule has 0 heterocycles. The number of amides is 1. The second kappa shape index (κ2) is 4.65. The molecule has 0 aliphatic carbocycles. The molecule has 5 nitrogen and oxygen atoms in total. The lowest BCUT2D eigenvalue weighted by molar-refractivity contribution is 0.0827. The number of ether oxygens (including phenoxy) is 1. The monoisotopic (exact) mass is 209 g/mol. The zero-order chi connectivity index (χ0) is 11.4. The van der Waals surface area contributed by atoms with Crippen LogP contribution in [0.3, 0.4) is 0 Å². The van der Waals surface area contributed by atoms with Crippen LogP contribution in [0.25, 0.3) is 0 Å². The summed E-state index contributed by atoms with van der Waals surface area (Å²) in [5.74, 6) is 5.79. The number of hydrogen-bond acceptors (Lipinski definition) is 4. The largest absolute Gasteiger partial charge is 0.497 e. The first-order chi connectivity index (χ1) is 7.08. The molecule has 0 aromatic heterocycles. The van der Waals surface area contributed by atoms with Gasteiger partial charge in [0.2, 0.25) is 0 Å². The fourth-order valence-electron chi connectivity index (χ4n) is 1.18. The minimum atomic E-state index is -0.0922. The Balaban J connectivity index is 3.12. The summed E-state index contributed by atoms with van der Waals surface area (Å²) >= 11 is 0. The molecule has 82 valence electrons. The molecule has 1 aromatic rings.